The third-order valence-electron chi connectivity index (χ3n) is 13.2. The number of nitrogens with one attached hydrogen (secondary N) is 2. The van der Waals surface area contributed by atoms with E-state index in [0.717, 1.165) is 47.0 Å². The van der Waals surface area contributed by atoms with E-state index >= 15 is 0 Å². The van der Waals surface area contributed by atoms with Crippen molar-refractivity contribution in [3.05, 3.63) is 287 Å². The molecule has 0 amide bonds. The first-order chi connectivity index (χ1) is 53.1. The van der Waals surface area contributed by atoms with Crippen molar-refractivity contribution in [1.29, 1.82) is 0 Å². The molecule has 111 heavy (non-hydrogen) atoms. The molecule has 2 heterocycles. The molecular weight excluding hydrogens is 2150 g/mol. The molecular formula is C73H80F8I6N12O12. The normalized spacial score (nSPS) is 10.1. The molecule has 0 fully saturated rings. The summed E-state index contributed by atoms with van der Waals surface area (Å²) in [7, 11) is 17.6. The third-order valence-corrected chi connectivity index (χ3v) is 18.2. The van der Waals surface area contributed by atoms with Crippen LogP contribution in [0.15, 0.2) is 146 Å². The number of fused-ring (bicyclic) bond motifs is 2. The number of hydrogen-bond donors (Lipinski definition) is 4. The van der Waals surface area contributed by atoms with Gasteiger partial charge < -0.3 is 45.6 Å². The van der Waals surface area contributed by atoms with Crippen LogP contribution in [0.1, 0.15) is 50.9 Å². The van der Waals surface area contributed by atoms with Crippen LogP contribution in [0, 0.1) is 128 Å². The number of rotatable bonds is 13. The monoisotopic (exact) mass is 2230 g/mol. The van der Waals surface area contributed by atoms with Crippen LogP contribution >= 0.6 is 136 Å². The Kier molecular flexibility index (Phi) is 47.7. The van der Waals surface area contributed by atoms with Crippen molar-refractivity contribution in [1.82, 2.24) is 24.7 Å². The summed E-state index contributed by atoms with van der Waals surface area (Å²) in [6.45, 7) is 4.79. The van der Waals surface area contributed by atoms with Crippen LogP contribution in [0.5, 0.6) is 11.5 Å². The van der Waals surface area contributed by atoms with E-state index in [-0.39, 0.29) is 78.8 Å². The van der Waals surface area contributed by atoms with Gasteiger partial charge in [0.25, 0.3) is 28.4 Å². The molecule has 0 saturated heterocycles. The molecule has 10 rings (SSSR count). The fourth-order valence-corrected chi connectivity index (χ4v) is 11.2. The summed E-state index contributed by atoms with van der Waals surface area (Å²) in [6, 6.07) is 28.5. The van der Waals surface area contributed by atoms with Crippen molar-refractivity contribution < 1.29 is 72.0 Å². The molecule has 38 heteroatoms. The van der Waals surface area contributed by atoms with Gasteiger partial charge in [-0.1, -0.05) is 20.9 Å². The summed E-state index contributed by atoms with van der Waals surface area (Å²) in [5.74, 6) is -0.879. The van der Waals surface area contributed by atoms with Crippen molar-refractivity contribution in [2.24, 2.45) is 0 Å². The van der Waals surface area contributed by atoms with E-state index in [0.29, 0.717) is 34.8 Å². The van der Waals surface area contributed by atoms with Gasteiger partial charge in [0.1, 0.15) is 46.4 Å². The number of methoxy groups -OCH3 is 2. The van der Waals surface area contributed by atoms with E-state index in [4.69, 9.17) is 23.7 Å². The van der Waals surface area contributed by atoms with Gasteiger partial charge in [-0.05, 0) is 278 Å². The molecule has 0 spiro atoms. The Hall–Kier alpha value is -8.52. The second-order valence-electron chi connectivity index (χ2n) is 21.9. The van der Waals surface area contributed by atoms with E-state index in [1.165, 1.54) is 101 Å². The standard InChI is InChI=1S/C11H13IN2O3.2C10H10FIN2O2.C9H8INO.C8H5FIN.C7H5FINO2.C7H7FN2O2.C7H8FN.2CH3F.2CH4/c1-13(2)5-4-8-6-11(17-3)9(12)7-10(8)14(15)16;2*1-13(2)4-3-7-5-8(11)9(12)6-10(7)14(15)16;1-12-9-4-6-2-3-11-8(6)5-7(9)10;9-6-3-5-1-2-11-8(5)4-7(6)10;2*1-4-2-5(8)6(9)3-7(4)10(11)12;1-5-2-3-7(9)6(8)4-5;2*1-2;;/h4-7H,1-3H3;2*3-6H,1-2H3;2-5,11H,1H3;1-4,11H;2-3H,1H3;2-3H,9H2,1H3;2-4H,9H2,1H3;2*1H3;2*1H4/b5-4+;2*4-3+;;;;;;;;;/i;;;;;;;;;;2*1D. The predicted molar refractivity (Wildman–Crippen MR) is 476 cm³/mol. The number of nitrogens with two attached hydrogens (primary N) is 2. The molecule has 8 aromatic carbocycles. The number of aromatic amines is 2. The lowest BCUT2D eigenvalue weighted by Crippen LogP contribution is -2.01. The fraction of sp³-hybridized carbons (Fsp3) is 0.205. The molecule has 0 aliphatic carbocycles. The Morgan fingerprint density at radius 3 is 1.06 bits per heavy atom. The Labute approximate surface area is 720 Å². The molecule has 6 N–H and O–H groups in total. The summed E-state index contributed by atoms with van der Waals surface area (Å²) >= 11 is 11.4. The van der Waals surface area contributed by atoms with Gasteiger partial charge >= 0.3 is 0 Å². The lowest BCUT2D eigenvalue weighted by Gasteiger charge is -2.07. The van der Waals surface area contributed by atoms with Crippen molar-refractivity contribution in [2.75, 3.05) is 82.3 Å². The van der Waals surface area contributed by atoms with Crippen LogP contribution in [0.25, 0.3) is 40.0 Å². The number of halogens is 14. The molecule has 0 aliphatic rings. The van der Waals surface area contributed by atoms with Crippen LogP contribution in [0.3, 0.4) is 0 Å². The molecule has 10 aromatic rings. The van der Waals surface area contributed by atoms with Crippen LogP contribution in [-0.4, -0.2) is 120 Å². The predicted octanol–water partition coefficient (Wildman–Crippen LogP) is 22.6. The highest BCUT2D eigenvalue weighted by molar-refractivity contribution is 14.1. The highest BCUT2D eigenvalue weighted by Gasteiger charge is 2.20. The van der Waals surface area contributed by atoms with Gasteiger partial charge in [0, 0.05) is 121 Å². The average Bonchev–Trinajstić information content (AvgIpc) is 1.03. The van der Waals surface area contributed by atoms with Crippen LogP contribution < -0.4 is 20.9 Å². The molecule has 0 radical (unpaired) electrons. The van der Waals surface area contributed by atoms with Crippen LogP contribution in [0.2, 0.25) is 0 Å². The van der Waals surface area contributed by atoms with Crippen molar-refractivity contribution in [3.8, 4) is 11.5 Å². The number of aryl methyl sites for hydroxylation is 3. The molecule has 0 unspecified atom stereocenters. The Balaban J connectivity index is 0. The minimum atomic E-state index is -0.627. The number of anilines is 2. The first kappa shape index (κ1) is 100. The SMILES string of the molecule is CF.CF.CN(C)/C=C/c1cc(F)c(I)cc1[N+](=O)[O-].CN(C)/C=C/c1cc(F)c(I)cc1[N+](=O)[O-].COc1cc(/C=C/N(C)C)c([N+](=O)[O-])cc1I.COc1cc2cc[nH]c2cc1I.Cc1cc(F)c(I)cc1[N+](=O)[O-].Cc1cc(F)c(N)cc1[N+](=O)[O-].Cc1ccc(N)c(F)c1.Fc1cc2cc[nH]c2cc1I.[2H]C.[2H]C. The van der Waals surface area contributed by atoms with Gasteiger partial charge in [-0.2, -0.15) is 0 Å². The number of nitro benzene ring substituents is 5. The summed E-state index contributed by atoms with van der Waals surface area (Å²) in [5, 5.41) is 55.2. The van der Waals surface area contributed by atoms with Gasteiger partial charge in [0.2, 0.25) is 0 Å². The number of nitrogens with zero attached hydrogens (tertiary/aromatic N) is 8. The Morgan fingerprint density at radius 2 is 0.694 bits per heavy atom. The van der Waals surface area contributed by atoms with Gasteiger partial charge in [0.15, 0.2) is 0 Å². The number of nitro groups is 5. The molecule has 0 bridgehead atoms. The Morgan fingerprint density at radius 1 is 0.396 bits per heavy atom. The van der Waals surface area contributed by atoms with E-state index in [9.17, 15) is 85.7 Å². The fourth-order valence-electron chi connectivity index (χ4n) is 7.98. The topological polar surface area (TPSA) is 328 Å². The van der Waals surface area contributed by atoms with Gasteiger partial charge in [0.05, 0.1) is 103 Å². The molecule has 0 atom stereocenters. The van der Waals surface area contributed by atoms with Gasteiger partial charge in [-0.15, -0.1) is 0 Å². The molecule has 2 aromatic heterocycles. The highest BCUT2D eigenvalue weighted by Crippen LogP contribution is 2.33. The van der Waals surface area contributed by atoms with E-state index in [1.54, 1.807) is 175 Å². The number of H-pyrrole nitrogens is 2. The van der Waals surface area contributed by atoms with Crippen LogP contribution in [-0.2, 0) is 0 Å². The zero-order chi connectivity index (χ0) is 87.4. The lowest BCUT2D eigenvalue weighted by atomic mass is 10.1. The first-order valence-electron chi connectivity index (χ1n) is 32.2. The van der Waals surface area contributed by atoms with E-state index in [2.05, 4.69) is 38.6 Å². The zero-order valence-electron chi connectivity index (χ0n) is 64.0. The minimum Gasteiger partial charge on any atom is -0.496 e. The van der Waals surface area contributed by atoms with Crippen molar-refractivity contribution in [2.45, 2.75) is 35.6 Å². The summed E-state index contributed by atoms with van der Waals surface area (Å²) in [4.78, 5) is 62.0. The number of aromatic nitrogens is 2. The van der Waals surface area contributed by atoms with Crippen molar-refractivity contribution in [3.63, 3.8) is 0 Å². The molecule has 602 valence electrons. The summed E-state index contributed by atoms with van der Waals surface area (Å²) in [6.07, 6.45) is 13.5. The molecule has 0 aliphatic heterocycles. The Bertz CT molecular complexity index is 4670. The van der Waals surface area contributed by atoms with Crippen LogP contribution in [0.4, 0.5) is 74.9 Å². The zero-order valence-corrected chi connectivity index (χ0v) is 75.0. The van der Waals surface area contributed by atoms with Crippen molar-refractivity contribution >= 4 is 215 Å². The lowest BCUT2D eigenvalue weighted by molar-refractivity contribution is -0.385. The van der Waals surface area contributed by atoms with E-state index in [1.807, 2.05) is 95.5 Å². The second kappa shape index (κ2) is 52.7. The van der Waals surface area contributed by atoms with Gasteiger partial charge in [-0.3, -0.25) is 59.4 Å². The maximum Gasteiger partial charge on any atom is 0.277 e. The first-order valence-corrected chi connectivity index (χ1v) is 36.7. The summed E-state index contributed by atoms with van der Waals surface area (Å²) < 4.78 is 121. The number of hydrogen-bond acceptors (Lipinski definition) is 17. The van der Waals surface area contributed by atoms with E-state index < -0.39 is 47.9 Å². The summed E-state index contributed by atoms with van der Waals surface area (Å²) in [5.41, 5.74) is 14.8. The van der Waals surface area contributed by atoms with Gasteiger partial charge in [-0.25, -0.2) is 26.3 Å². The minimum absolute atomic E-state index is 0.0409. The molecule has 0 saturated carbocycles. The number of ether oxygens (including phenoxy) is 2. The smallest absolute Gasteiger partial charge is 0.277 e. The number of benzene rings is 8. The average molecular weight is 2230 g/mol. The second-order valence-corrected chi connectivity index (χ2v) is 28.9. The maximum atomic E-state index is 13.3. The highest BCUT2D eigenvalue weighted by atomic mass is 127. The number of nitrogen functional groups attached to an aromatic ring is 2. The molecule has 24 nitrogen and oxygen atoms in total. The largest absolute Gasteiger partial charge is 0.496 e. The quantitative estimate of drug-likeness (QED) is 0.0274. The third kappa shape index (κ3) is 35.8. The maximum absolute atomic E-state index is 13.3. The number of alkyl halides is 2.